The molecule has 0 amide bonds. The Labute approximate surface area is 117 Å². The number of aromatic nitrogens is 1. The number of aryl methyl sites for hydroxylation is 1. The highest BCUT2D eigenvalue weighted by Crippen LogP contribution is 2.29. The van der Waals surface area contributed by atoms with Crippen molar-refractivity contribution in [3.05, 3.63) is 9.48 Å². The molecule has 78 valence electrons. The van der Waals surface area contributed by atoms with Gasteiger partial charge in [0.15, 0.2) is 5.13 Å². The van der Waals surface area contributed by atoms with Crippen LogP contribution in [0.2, 0.25) is 0 Å². The van der Waals surface area contributed by atoms with Crippen LogP contribution in [0.5, 0.6) is 0 Å². The van der Waals surface area contributed by atoms with Crippen molar-refractivity contribution in [2.24, 2.45) is 0 Å². The van der Waals surface area contributed by atoms with Crippen molar-refractivity contribution < 1.29 is 19.2 Å². The summed E-state index contributed by atoms with van der Waals surface area (Å²) in [4.78, 5) is 2.92. The second-order valence-corrected chi connectivity index (χ2v) is 3.96. The summed E-state index contributed by atoms with van der Waals surface area (Å²) in [6, 6.07) is 0. The minimum absolute atomic E-state index is 0.0207. The fraction of sp³-hybridized carbons (Fsp3) is 0.667. The first-order valence-corrected chi connectivity index (χ1v) is 5.00. The van der Waals surface area contributed by atoms with E-state index in [4.69, 9.17) is 19.2 Å². The highest BCUT2D eigenvalue weighted by molar-refractivity contribution is 9.10. The number of anilines is 1. The van der Waals surface area contributed by atoms with Crippen LogP contribution in [0.3, 0.4) is 0 Å². The van der Waals surface area contributed by atoms with Gasteiger partial charge in [0.25, 0.3) is 0 Å². The summed E-state index contributed by atoms with van der Waals surface area (Å²) < 4.78 is 109. The number of hydrogen-bond acceptors (Lipinski definition) is 4. The SMILES string of the molecule is [2H]C([2H])([2H])c1sc(N2C([2H])([2H])C([2H])([2H])N(C([2H])([2H])[2H])C([2H])([2H])C2([2H])[2H])nc1Br. The Morgan fingerprint density at radius 2 is 2.29 bits per heavy atom. The molecule has 1 aromatic rings. The molecule has 0 aliphatic carbocycles. The smallest absolute Gasteiger partial charge is 0.186 e. The van der Waals surface area contributed by atoms with E-state index in [1.165, 1.54) is 0 Å². The molecule has 1 aliphatic heterocycles. The number of thiazole rings is 1. The second-order valence-electron chi connectivity index (χ2n) is 2.23. The summed E-state index contributed by atoms with van der Waals surface area (Å²) in [6.07, 6.45) is 0. The molecule has 0 atom stereocenters. The molecular weight excluding hydrogens is 262 g/mol. The Morgan fingerprint density at radius 1 is 1.50 bits per heavy atom. The summed E-state index contributed by atoms with van der Waals surface area (Å²) >= 11 is 3.20. The van der Waals surface area contributed by atoms with E-state index >= 15 is 0 Å². The number of piperazine rings is 1. The summed E-state index contributed by atoms with van der Waals surface area (Å²) in [7, 11) is 0. The monoisotopic (exact) mass is 289 g/mol. The first-order valence-electron chi connectivity index (χ1n) is 10.4. The molecule has 0 aromatic carbocycles. The van der Waals surface area contributed by atoms with E-state index in [0.29, 0.717) is 11.3 Å². The van der Waals surface area contributed by atoms with Gasteiger partial charge in [-0.2, -0.15) is 0 Å². The Kier molecular flexibility index (Phi) is 0.820. The van der Waals surface area contributed by atoms with Gasteiger partial charge < -0.3 is 9.80 Å². The van der Waals surface area contributed by atoms with Crippen LogP contribution in [0.1, 0.15) is 24.1 Å². The first kappa shape index (κ1) is 2.76. The maximum Gasteiger partial charge on any atom is 0.186 e. The van der Waals surface area contributed by atoms with Crippen LogP contribution >= 0.6 is 27.3 Å². The fourth-order valence-electron chi connectivity index (χ4n) is 0.738. The van der Waals surface area contributed by atoms with Crippen molar-refractivity contribution in [2.75, 3.05) is 37.9 Å². The van der Waals surface area contributed by atoms with Crippen LogP contribution in [0, 0.1) is 6.85 Å². The Hall–Kier alpha value is -0.130. The molecule has 0 N–H and O–H groups in total. The molecule has 5 heteroatoms. The number of halogens is 1. The van der Waals surface area contributed by atoms with Gasteiger partial charge in [-0.05, 0) is 29.8 Å². The molecule has 0 unspecified atom stereocenters. The highest BCUT2D eigenvalue weighted by atomic mass is 79.9. The van der Waals surface area contributed by atoms with Gasteiger partial charge in [0.05, 0.1) is 5.48 Å². The van der Waals surface area contributed by atoms with Crippen molar-refractivity contribution in [3.8, 4) is 0 Å². The zero-order valence-electron chi connectivity index (χ0n) is 20.6. The molecule has 0 saturated carbocycles. The zero-order valence-corrected chi connectivity index (χ0v) is 9.03. The lowest BCUT2D eigenvalue weighted by atomic mass is 10.3. The molecule has 3 nitrogen and oxygen atoms in total. The third-order valence-electron chi connectivity index (χ3n) is 1.31. The zero-order chi connectivity index (χ0) is 22.3. The third kappa shape index (κ3) is 2.10. The van der Waals surface area contributed by atoms with Crippen molar-refractivity contribution in [2.45, 2.75) is 6.85 Å². The van der Waals surface area contributed by atoms with Crippen molar-refractivity contribution in [1.29, 1.82) is 0 Å². The van der Waals surface area contributed by atoms with Crippen molar-refractivity contribution in [1.82, 2.24) is 9.88 Å². The average Bonchev–Trinajstić information content (AvgIpc) is 2.75. The van der Waals surface area contributed by atoms with Gasteiger partial charge in [-0.3, -0.25) is 0 Å². The van der Waals surface area contributed by atoms with Gasteiger partial charge in [-0.25, -0.2) is 4.98 Å². The first-order chi connectivity index (χ1) is 12.1. The topological polar surface area (TPSA) is 19.4 Å². The predicted molar refractivity (Wildman–Crippen MR) is 64.3 cm³/mol. The summed E-state index contributed by atoms with van der Waals surface area (Å²) in [6.45, 7) is -20.2. The number of hydrogen-bond donors (Lipinski definition) is 0. The Morgan fingerprint density at radius 3 is 2.86 bits per heavy atom. The molecule has 2 rings (SSSR count). The quantitative estimate of drug-likeness (QED) is 0.788. The van der Waals surface area contributed by atoms with E-state index in [9.17, 15) is 0 Å². The van der Waals surface area contributed by atoms with Gasteiger partial charge in [-0.15, -0.1) is 11.3 Å². The molecule has 1 aliphatic rings. The minimum Gasteiger partial charge on any atom is -0.345 e. The average molecular weight is 290 g/mol. The lowest BCUT2D eigenvalue weighted by Gasteiger charge is -2.32. The van der Waals surface area contributed by atoms with Crippen LogP contribution < -0.4 is 4.90 Å². The standard InChI is InChI=1S/C9H14BrN3S/c1-7-8(10)11-9(14-7)13-5-3-12(2)4-6-13/h3-6H2,1-2H3/i1D3,2D3,3D2,4D2,5D2,6D2. The molecule has 0 spiro atoms. The minimum atomic E-state index is -3.55. The van der Waals surface area contributed by atoms with Gasteiger partial charge in [0.2, 0.25) is 0 Å². The summed E-state index contributed by atoms with van der Waals surface area (Å²) in [5, 5.41) is -0.661. The van der Waals surface area contributed by atoms with E-state index in [1.807, 2.05) is 0 Å². The molecule has 0 radical (unpaired) electrons. The fourth-order valence-corrected chi connectivity index (χ4v) is 1.90. The normalized spacial score (nSPS) is 49.9. The van der Waals surface area contributed by atoms with Gasteiger partial charge >= 0.3 is 0 Å². The van der Waals surface area contributed by atoms with E-state index in [2.05, 4.69) is 20.9 Å². The maximum absolute atomic E-state index is 8.13. The lowest BCUT2D eigenvalue weighted by Crippen LogP contribution is -2.44. The molecule has 1 aromatic heterocycles. The van der Waals surface area contributed by atoms with E-state index < -0.39 is 49.8 Å². The highest BCUT2D eigenvalue weighted by Gasteiger charge is 2.17. The Balaban J connectivity index is 2.80. The van der Waals surface area contributed by atoms with E-state index in [-0.39, 0.29) is 14.4 Å². The van der Waals surface area contributed by atoms with Gasteiger partial charge in [0.1, 0.15) is 4.60 Å². The third-order valence-corrected chi connectivity index (χ3v) is 3.00. The van der Waals surface area contributed by atoms with E-state index in [0.717, 1.165) is 0 Å². The molecule has 0 bridgehead atoms. The molecular formula is C9H14BrN3S. The van der Waals surface area contributed by atoms with Crippen LogP contribution in [0.4, 0.5) is 5.13 Å². The van der Waals surface area contributed by atoms with Crippen molar-refractivity contribution in [3.63, 3.8) is 0 Å². The summed E-state index contributed by atoms with van der Waals surface area (Å²) in [5.74, 6) is 0. The molecule has 1 fully saturated rings. The second kappa shape index (κ2) is 4.16. The van der Waals surface area contributed by atoms with Gasteiger partial charge in [0, 0.05) is 44.6 Å². The van der Waals surface area contributed by atoms with Crippen LogP contribution in [-0.2, 0) is 0 Å². The lowest BCUT2D eigenvalue weighted by molar-refractivity contribution is 0.312. The maximum atomic E-state index is 8.13. The van der Waals surface area contributed by atoms with Crippen LogP contribution in [0.25, 0.3) is 0 Å². The molecule has 2 heterocycles. The predicted octanol–water partition coefficient (Wildman–Crippen LogP) is 1.97. The number of likely N-dealkylation sites (N-methyl/N-ethyl adjacent to an activating group) is 1. The Bertz CT molecular complexity index is 739. The molecule has 1 saturated heterocycles. The molecule has 14 heavy (non-hydrogen) atoms. The van der Waals surface area contributed by atoms with Crippen LogP contribution in [-0.4, -0.2) is 42.8 Å². The number of rotatable bonds is 1. The van der Waals surface area contributed by atoms with Gasteiger partial charge in [-0.1, -0.05) is 0 Å². The summed E-state index contributed by atoms with van der Waals surface area (Å²) in [5.41, 5.74) is 0. The number of nitrogens with zero attached hydrogens (tertiary/aromatic N) is 3. The van der Waals surface area contributed by atoms with Crippen molar-refractivity contribution >= 4 is 32.4 Å². The van der Waals surface area contributed by atoms with E-state index in [1.54, 1.807) is 0 Å². The largest absolute Gasteiger partial charge is 0.345 e. The van der Waals surface area contributed by atoms with Crippen LogP contribution in [0.15, 0.2) is 4.60 Å².